The Hall–Kier alpha value is -1.16. The van der Waals surface area contributed by atoms with E-state index in [-0.39, 0.29) is 0 Å². The summed E-state index contributed by atoms with van der Waals surface area (Å²) in [5.41, 5.74) is 2.34. The second-order valence-corrected chi connectivity index (χ2v) is 8.93. The Morgan fingerprint density at radius 1 is 1.32 bits per heavy atom. The molecule has 7 heteroatoms. The minimum atomic E-state index is -0.826. The molecule has 0 aliphatic heterocycles. The van der Waals surface area contributed by atoms with Crippen LogP contribution in [0.4, 0.5) is 0 Å². The Morgan fingerprint density at radius 3 is 2.72 bits per heavy atom. The molecule has 1 aliphatic carbocycles. The van der Waals surface area contributed by atoms with Gasteiger partial charge in [0, 0.05) is 0 Å². The quantitative estimate of drug-likeness (QED) is 0.501. The Kier molecular flexibility index (Phi) is 9.24. The van der Waals surface area contributed by atoms with Crippen LogP contribution in [-0.4, -0.2) is 20.2 Å². The molecule has 0 spiro atoms. The second kappa shape index (κ2) is 11.5. The standard InChI is InChI=1S/C10H7N4.C8H11.2ClH.Zr/c1-2-4-9-6-10(5-8(9)3-1)14-12-7-11-13-14;1-2-5-8-6-3-4-7-8;;;/h1-7H;3,6H,2,4-5H2,1H3;2*1H;/q2*-1;;;+4/p-2. The molecule has 0 radical (unpaired) electrons. The van der Waals surface area contributed by atoms with Gasteiger partial charge in [-0.25, -0.2) is 11.6 Å². The smallest absolute Gasteiger partial charge is 0.151 e. The van der Waals surface area contributed by atoms with Gasteiger partial charge in [0.25, 0.3) is 0 Å². The first-order chi connectivity index (χ1) is 12.3. The molecule has 128 valence electrons. The molecule has 1 aliphatic rings. The predicted molar refractivity (Wildman–Crippen MR) is 99.4 cm³/mol. The third-order valence-corrected chi connectivity index (χ3v) is 3.47. The number of benzene rings is 1. The fraction of sp³-hybridized carbons (Fsp3) is 0.222. The summed E-state index contributed by atoms with van der Waals surface area (Å²) in [5, 5.41) is 13.9. The maximum absolute atomic E-state index is 4.93. The molecule has 0 saturated carbocycles. The molecule has 0 bridgehead atoms. The molecule has 4 nitrogen and oxygen atoms in total. The molecule has 3 aromatic rings. The van der Waals surface area contributed by atoms with Crippen LogP contribution in [0.1, 0.15) is 26.2 Å². The van der Waals surface area contributed by atoms with E-state index in [0.717, 1.165) is 12.1 Å². The zero-order valence-corrected chi connectivity index (χ0v) is 17.8. The number of aromatic nitrogens is 4. The van der Waals surface area contributed by atoms with Crippen molar-refractivity contribution in [3.8, 4) is 5.69 Å². The average molecular weight is 453 g/mol. The van der Waals surface area contributed by atoms with Gasteiger partial charge in [0.1, 0.15) is 0 Å². The summed E-state index contributed by atoms with van der Waals surface area (Å²) < 4.78 is 0. The summed E-state index contributed by atoms with van der Waals surface area (Å²) in [6.07, 6.45) is 12.5. The van der Waals surface area contributed by atoms with Crippen LogP contribution in [0.5, 0.6) is 0 Å². The van der Waals surface area contributed by atoms with Crippen molar-refractivity contribution in [3.05, 3.63) is 66.5 Å². The van der Waals surface area contributed by atoms with Crippen LogP contribution in [0.2, 0.25) is 0 Å². The summed E-state index contributed by atoms with van der Waals surface area (Å²) >= 11 is -0.826. The van der Waals surface area contributed by atoms with E-state index in [1.807, 2.05) is 24.3 Å². The van der Waals surface area contributed by atoms with Gasteiger partial charge in [-0.05, 0) is 10.9 Å². The first kappa shape index (κ1) is 20.2. The molecule has 0 saturated heterocycles. The third kappa shape index (κ3) is 6.58. The normalized spacial score (nSPS) is 11.9. The van der Waals surface area contributed by atoms with E-state index in [1.54, 1.807) is 0 Å². The van der Waals surface area contributed by atoms with Crippen molar-refractivity contribution in [3.63, 3.8) is 0 Å². The predicted octanol–water partition coefficient (Wildman–Crippen LogP) is 5.39. The Balaban J connectivity index is 0.000000175. The molecule has 1 aromatic heterocycles. The second-order valence-electron chi connectivity index (χ2n) is 5.20. The van der Waals surface area contributed by atoms with E-state index < -0.39 is 20.8 Å². The van der Waals surface area contributed by atoms with Crippen molar-refractivity contribution >= 4 is 27.8 Å². The summed E-state index contributed by atoms with van der Waals surface area (Å²) in [4.78, 5) is 1.51. The van der Waals surface area contributed by atoms with Crippen LogP contribution in [-0.2, 0) is 20.8 Å². The number of nitrogens with zero attached hydrogens (tertiary/aromatic N) is 4. The topological polar surface area (TPSA) is 43.6 Å². The molecular weight excluding hydrogens is 434 g/mol. The largest absolute Gasteiger partial charge is 0.162 e. The van der Waals surface area contributed by atoms with Crippen molar-refractivity contribution in [2.75, 3.05) is 0 Å². The molecule has 0 fully saturated rings. The van der Waals surface area contributed by atoms with E-state index in [9.17, 15) is 0 Å². The number of tetrazole rings is 1. The third-order valence-electron chi connectivity index (χ3n) is 3.47. The molecule has 0 N–H and O–H groups in total. The first-order valence-corrected chi connectivity index (χ1v) is 14.2. The van der Waals surface area contributed by atoms with Gasteiger partial charge >= 0.3 is 37.9 Å². The maximum Gasteiger partial charge on any atom is 0.162 e. The molecule has 0 amide bonds. The van der Waals surface area contributed by atoms with Crippen LogP contribution in [0.25, 0.3) is 16.5 Å². The summed E-state index contributed by atoms with van der Waals surface area (Å²) in [6.45, 7) is 2.20. The Bertz CT molecular complexity index is 776. The van der Waals surface area contributed by atoms with Crippen LogP contribution in [0, 0.1) is 6.08 Å². The SMILES string of the molecule is CCCC1=[C-]CC=C1.[Cl][Zr+2][Cl].c1ccc2[cH-]c(-n3ncnn3)cc2c1. The van der Waals surface area contributed by atoms with Crippen LogP contribution in [0.15, 0.2) is 60.5 Å². The molecule has 0 unspecified atom stereocenters. The van der Waals surface area contributed by atoms with Crippen LogP contribution >= 0.6 is 17.0 Å². The minimum Gasteiger partial charge on any atom is -0.151 e. The maximum atomic E-state index is 4.93. The number of allylic oxidation sites excluding steroid dienone is 4. The van der Waals surface area contributed by atoms with Crippen molar-refractivity contribution in [2.45, 2.75) is 26.2 Å². The molecule has 0 atom stereocenters. The van der Waals surface area contributed by atoms with Crippen molar-refractivity contribution in [1.82, 2.24) is 20.2 Å². The zero-order valence-electron chi connectivity index (χ0n) is 13.9. The fourth-order valence-electron chi connectivity index (χ4n) is 2.43. The zero-order chi connectivity index (χ0) is 17.9. The first-order valence-electron chi connectivity index (χ1n) is 7.89. The van der Waals surface area contributed by atoms with Gasteiger partial charge in [0.05, 0.1) is 0 Å². The molecule has 2 aromatic carbocycles. The van der Waals surface area contributed by atoms with Crippen molar-refractivity contribution in [1.29, 1.82) is 0 Å². The Morgan fingerprint density at radius 2 is 2.12 bits per heavy atom. The van der Waals surface area contributed by atoms with E-state index in [4.69, 9.17) is 17.0 Å². The summed E-state index contributed by atoms with van der Waals surface area (Å²) in [5.74, 6) is 0. The van der Waals surface area contributed by atoms with Gasteiger partial charge in [-0.2, -0.15) is 10.9 Å². The van der Waals surface area contributed by atoms with Crippen molar-refractivity contribution < 1.29 is 20.8 Å². The molecule has 25 heavy (non-hydrogen) atoms. The van der Waals surface area contributed by atoms with E-state index in [1.165, 1.54) is 40.3 Å². The molecular formula is C18H18Cl2N4Zr. The van der Waals surface area contributed by atoms with Gasteiger partial charge in [-0.15, -0.1) is 57.7 Å². The molecule has 4 rings (SSSR count). The van der Waals surface area contributed by atoms with E-state index >= 15 is 0 Å². The Labute approximate surface area is 166 Å². The number of rotatable bonds is 3. The number of hydrogen-bond acceptors (Lipinski definition) is 3. The number of hydrogen-bond donors (Lipinski definition) is 0. The van der Waals surface area contributed by atoms with Gasteiger partial charge < -0.3 is 0 Å². The van der Waals surface area contributed by atoms with Gasteiger partial charge in [-0.1, -0.05) is 25.8 Å². The van der Waals surface area contributed by atoms with Gasteiger partial charge in [0.15, 0.2) is 6.33 Å². The van der Waals surface area contributed by atoms with E-state index in [2.05, 4.69) is 52.7 Å². The number of fused-ring (bicyclic) bond motifs is 1. The molecule has 1 heterocycles. The summed E-state index contributed by atoms with van der Waals surface area (Å²) in [7, 11) is 9.87. The fourth-order valence-corrected chi connectivity index (χ4v) is 2.43. The van der Waals surface area contributed by atoms with Gasteiger partial charge in [0.2, 0.25) is 0 Å². The van der Waals surface area contributed by atoms with E-state index in [0.29, 0.717) is 0 Å². The summed E-state index contributed by atoms with van der Waals surface area (Å²) in [6, 6.07) is 12.2. The minimum absolute atomic E-state index is 0.826. The monoisotopic (exact) mass is 450 g/mol. The van der Waals surface area contributed by atoms with Crippen molar-refractivity contribution in [2.24, 2.45) is 0 Å². The van der Waals surface area contributed by atoms with Crippen LogP contribution < -0.4 is 0 Å². The number of halogens is 2. The average Bonchev–Trinajstić information content (AvgIpc) is 3.37. The van der Waals surface area contributed by atoms with Crippen LogP contribution in [0.3, 0.4) is 0 Å². The van der Waals surface area contributed by atoms with Gasteiger partial charge in [-0.3, -0.25) is 6.08 Å².